The molecule has 0 saturated carbocycles. The molecule has 0 atom stereocenters. The Kier molecular flexibility index (Phi) is 3.15. The standard InChI is InChI=1S/C12H8ClF2NO/c13-7-1-3-10(16)12(5-7)17-11-4-2-8(14)6-9(11)15/h1-6H,16H2. The Hall–Kier alpha value is -1.81. The molecule has 88 valence electrons. The Balaban J connectivity index is 2.34. The predicted molar refractivity (Wildman–Crippen MR) is 62.3 cm³/mol. The molecule has 0 unspecified atom stereocenters. The lowest BCUT2D eigenvalue weighted by molar-refractivity contribution is 0.439. The van der Waals surface area contributed by atoms with E-state index in [1.807, 2.05) is 0 Å². The monoisotopic (exact) mass is 255 g/mol. The van der Waals surface area contributed by atoms with Gasteiger partial charge >= 0.3 is 0 Å². The van der Waals surface area contributed by atoms with E-state index in [0.29, 0.717) is 10.7 Å². The van der Waals surface area contributed by atoms with Crippen LogP contribution in [0.5, 0.6) is 11.5 Å². The Morgan fingerprint density at radius 3 is 2.47 bits per heavy atom. The average molecular weight is 256 g/mol. The minimum absolute atomic E-state index is 0.111. The average Bonchev–Trinajstić information content (AvgIpc) is 2.27. The van der Waals surface area contributed by atoms with Gasteiger partial charge in [0.1, 0.15) is 5.82 Å². The minimum atomic E-state index is -0.802. The zero-order chi connectivity index (χ0) is 12.4. The van der Waals surface area contributed by atoms with E-state index in [9.17, 15) is 8.78 Å². The highest BCUT2D eigenvalue weighted by Gasteiger charge is 2.08. The van der Waals surface area contributed by atoms with Gasteiger partial charge in [-0.3, -0.25) is 0 Å². The van der Waals surface area contributed by atoms with E-state index in [-0.39, 0.29) is 11.5 Å². The van der Waals surface area contributed by atoms with E-state index < -0.39 is 11.6 Å². The highest BCUT2D eigenvalue weighted by Crippen LogP contribution is 2.31. The molecule has 2 aromatic rings. The van der Waals surface area contributed by atoms with Crippen molar-refractivity contribution in [1.82, 2.24) is 0 Å². The van der Waals surface area contributed by atoms with Crippen molar-refractivity contribution < 1.29 is 13.5 Å². The Labute approximate surface area is 102 Å². The zero-order valence-electron chi connectivity index (χ0n) is 8.58. The smallest absolute Gasteiger partial charge is 0.168 e. The summed E-state index contributed by atoms with van der Waals surface area (Å²) in [6, 6.07) is 7.60. The fourth-order valence-electron chi connectivity index (χ4n) is 1.27. The first-order valence-electron chi connectivity index (χ1n) is 4.74. The minimum Gasteiger partial charge on any atom is -0.452 e. The van der Waals surface area contributed by atoms with Crippen LogP contribution in [0.4, 0.5) is 14.5 Å². The first kappa shape index (κ1) is 11.7. The summed E-state index contributed by atoms with van der Waals surface area (Å²) in [5.41, 5.74) is 5.95. The number of hydrogen-bond acceptors (Lipinski definition) is 2. The number of hydrogen-bond donors (Lipinski definition) is 1. The van der Waals surface area contributed by atoms with Crippen LogP contribution in [-0.4, -0.2) is 0 Å². The molecule has 2 nitrogen and oxygen atoms in total. The largest absolute Gasteiger partial charge is 0.452 e. The van der Waals surface area contributed by atoms with Crippen molar-refractivity contribution in [3.63, 3.8) is 0 Å². The van der Waals surface area contributed by atoms with Gasteiger partial charge in [0.2, 0.25) is 0 Å². The van der Waals surface area contributed by atoms with Crippen LogP contribution < -0.4 is 10.5 Å². The maximum atomic E-state index is 13.3. The third-order valence-electron chi connectivity index (χ3n) is 2.09. The number of rotatable bonds is 2. The molecule has 0 radical (unpaired) electrons. The molecule has 2 aromatic carbocycles. The normalized spacial score (nSPS) is 10.3. The second-order valence-corrected chi connectivity index (χ2v) is 3.80. The fourth-order valence-corrected chi connectivity index (χ4v) is 1.44. The summed E-state index contributed by atoms with van der Waals surface area (Å²) in [6.07, 6.45) is 0. The van der Waals surface area contributed by atoms with Crippen LogP contribution in [0.2, 0.25) is 5.02 Å². The molecule has 5 heteroatoms. The van der Waals surface area contributed by atoms with Crippen molar-refractivity contribution in [3.05, 3.63) is 53.1 Å². The van der Waals surface area contributed by atoms with Crippen LogP contribution in [0.25, 0.3) is 0 Å². The zero-order valence-corrected chi connectivity index (χ0v) is 9.34. The molecule has 0 aromatic heterocycles. The molecule has 0 saturated heterocycles. The van der Waals surface area contributed by atoms with Gasteiger partial charge in [-0.15, -0.1) is 0 Å². The quantitative estimate of drug-likeness (QED) is 0.824. The van der Waals surface area contributed by atoms with E-state index in [2.05, 4.69) is 0 Å². The van der Waals surface area contributed by atoms with Gasteiger partial charge in [0.05, 0.1) is 5.69 Å². The van der Waals surface area contributed by atoms with E-state index in [1.165, 1.54) is 12.1 Å². The van der Waals surface area contributed by atoms with Crippen LogP contribution in [0.3, 0.4) is 0 Å². The lowest BCUT2D eigenvalue weighted by atomic mass is 10.3. The molecule has 0 bridgehead atoms. The number of benzene rings is 2. The van der Waals surface area contributed by atoms with E-state index in [1.54, 1.807) is 12.1 Å². The second kappa shape index (κ2) is 4.59. The molecule has 0 amide bonds. The Bertz CT molecular complexity index is 560. The molecule has 0 aliphatic carbocycles. The first-order valence-corrected chi connectivity index (χ1v) is 5.12. The Morgan fingerprint density at radius 2 is 1.76 bits per heavy atom. The summed E-state index contributed by atoms with van der Waals surface area (Å²) in [4.78, 5) is 0. The number of anilines is 1. The van der Waals surface area contributed by atoms with Crippen molar-refractivity contribution in [2.45, 2.75) is 0 Å². The van der Waals surface area contributed by atoms with Gasteiger partial charge in [-0.25, -0.2) is 8.78 Å². The SMILES string of the molecule is Nc1ccc(Cl)cc1Oc1ccc(F)cc1F. The van der Waals surface area contributed by atoms with Crippen molar-refractivity contribution >= 4 is 17.3 Å². The van der Waals surface area contributed by atoms with Gasteiger partial charge in [-0.1, -0.05) is 11.6 Å². The summed E-state index contributed by atoms with van der Waals surface area (Å²) in [7, 11) is 0. The molecular weight excluding hydrogens is 248 g/mol. The molecule has 0 aliphatic rings. The lowest BCUT2D eigenvalue weighted by Gasteiger charge is -2.09. The van der Waals surface area contributed by atoms with Gasteiger partial charge in [0, 0.05) is 17.2 Å². The van der Waals surface area contributed by atoms with E-state index in [4.69, 9.17) is 22.1 Å². The molecule has 2 N–H and O–H groups in total. The maximum absolute atomic E-state index is 13.3. The molecule has 0 spiro atoms. The van der Waals surface area contributed by atoms with Gasteiger partial charge in [-0.2, -0.15) is 0 Å². The second-order valence-electron chi connectivity index (χ2n) is 3.36. The number of ether oxygens (including phenoxy) is 1. The van der Waals surface area contributed by atoms with Crippen molar-refractivity contribution in [2.24, 2.45) is 0 Å². The van der Waals surface area contributed by atoms with Crippen molar-refractivity contribution in [3.8, 4) is 11.5 Å². The third-order valence-corrected chi connectivity index (χ3v) is 2.32. The molecule has 2 rings (SSSR count). The van der Waals surface area contributed by atoms with Crippen molar-refractivity contribution in [2.75, 3.05) is 5.73 Å². The lowest BCUT2D eigenvalue weighted by Crippen LogP contribution is -1.94. The van der Waals surface area contributed by atoms with Gasteiger partial charge < -0.3 is 10.5 Å². The fraction of sp³-hybridized carbons (Fsp3) is 0. The Morgan fingerprint density at radius 1 is 1.00 bits per heavy atom. The summed E-state index contributed by atoms with van der Waals surface area (Å²) in [6.45, 7) is 0. The molecule has 0 heterocycles. The summed E-state index contributed by atoms with van der Waals surface area (Å²) in [5, 5.41) is 0.414. The van der Waals surface area contributed by atoms with Crippen LogP contribution in [0.15, 0.2) is 36.4 Å². The van der Waals surface area contributed by atoms with E-state index >= 15 is 0 Å². The summed E-state index contributed by atoms with van der Waals surface area (Å²) >= 11 is 5.76. The highest BCUT2D eigenvalue weighted by molar-refractivity contribution is 6.30. The topological polar surface area (TPSA) is 35.2 Å². The van der Waals surface area contributed by atoms with Crippen LogP contribution in [0, 0.1) is 11.6 Å². The van der Waals surface area contributed by atoms with E-state index in [0.717, 1.165) is 12.1 Å². The molecule has 0 fully saturated rings. The summed E-state index contributed by atoms with van der Waals surface area (Å²) < 4.78 is 31.2. The van der Waals surface area contributed by atoms with Gasteiger partial charge in [0.15, 0.2) is 17.3 Å². The van der Waals surface area contributed by atoms with Crippen LogP contribution in [0.1, 0.15) is 0 Å². The van der Waals surface area contributed by atoms with Gasteiger partial charge in [-0.05, 0) is 24.3 Å². The van der Waals surface area contributed by atoms with Gasteiger partial charge in [0.25, 0.3) is 0 Å². The predicted octanol–water partition coefficient (Wildman–Crippen LogP) is 3.99. The molecule has 17 heavy (non-hydrogen) atoms. The van der Waals surface area contributed by atoms with Crippen molar-refractivity contribution in [1.29, 1.82) is 0 Å². The number of halogens is 3. The number of nitrogen functional groups attached to an aromatic ring is 1. The van der Waals surface area contributed by atoms with Crippen LogP contribution >= 0.6 is 11.6 Å². The molecule has 0 aliphatic heterocycles. The highest BCUT2D eigenvalue weighted by atomic mass is 35.5. The molecular formula is C12H8ClF2NO. The first-order chi connectivity index (χ1) is 8.06. The van der Waals surface area contributed by atoms with Crippen LogP contribution in [-0.2, 0) is 0 Å². The maximum Gasteiger partial charge on any atom is 0.168 e. The summed E-state index contributed by atoms with van der Waals surface area (Å²) in [5.74, 6) is -1.36. The number of nitrogens with two attached hydrogens (primary N) is 1. The third kappa shape index (κ3) is 2.65.